The van der Waals surface area contributed by atoms with E-state index in [1.165, 1.54) is 17.8 Å². The average Bonchev–Trinajstić information content (AvgIpc) is 3.21. The van der Waals surface area contributed by atoms with Crippen molar-refractivity contribution < 1.29 is 4.74 Å². The van der Waals surface area contributed by atoms with Crippen LogP contribution in [0.1, 0.15) is 46.0 Å². The van der Waals surface area contributed by atoms with Crippen LogP contribution >= 0.6 is 35.3 Å². The minimum absolute atomic E-state index is 0. The van der Waals surface area contributed by atoms with Crippen LogP contribution in [0.5, 0.6) is 0 Å². The van der Waals surface area contributed by atoms with E-state index in [1.807, 2.05) is 11.3 Å². The topological polar surface area (TPSA) is 48.9 Å². The van der Waals surface area contributed by atoms with E-state index in [0.717, 1.165) is 64.6 Å². The van der Waals surface area contributed by atoms with Gasteiger partial charge >= 0.3 is 0 Å². The molecule has 1 aliphatic carbocycles. The Morgan fingerprint density at radius 3 is 2.70 bits per heavy atom. The molecule has 154 valence electrons. The van der Waals surface area contributed by atoms with Crippen molar-refractivity contribution in [3.63, 3.8) is 0 Å². The lowest BCUT2D eigenvalue weighted by molar-refractivity contribution is 0.129. The zero-order valence-corrected chi connectivity index (χ0v) is 19.9. The quantitative estimate of drug-likeness (QED) is 0.229. The third-order valence-electron chi connectivity index (χ3n) is 5.51. The molecule has 7 heteroatoms. The Kier molecular flexibility index (Phi) is 9.65. The van der Waals surface area contributed by atoms with Crippen LogP contribution in [-0.2, 0) is 4.74 Å². The molecule has 0 atom stereocenters. The van der Waals surface area contributed by atoms with Gasteiger partial charge in [0.15, 0.2) is 5.96 Å². The summed E-state index contributed by atoms with van der Waals surface area (Å²) in [6, 6.07) is 4.88. The normalized spacial score (nSPS) is 19.5. The second-order valence-electron chi connectivity index (χ2n) is 7.50. The predicted octanol–water partition coefficient (Wildman–Crippen LogP) is 4.10. The molecule has 1 saturated heterocycles. The standard InChI is InChI=1S/C20H34N4OS.HI/c1-3-21-19(22-16-20(9-10-20)11-14-25-4-2)23-17-7-12-24(13-8-17)18-6-5-15-26-18;/h5-6,15,17H,3-4,7-14,16H2,1-2H3,(H2,21,22,23);1H. The minimum atomic E-state index is 0. The molecule has 27 heavy (non-hydrogen) atoms. The summed E-state index contributed by atoms with van der Waals surface area (Å²) < 4.78 is 5.54. The minimum Gasteiger partial charge on any atom is -0.382 e. The summed E-state index contributed by atoms with van der Waals surface area (Å²) in [5.41, 5.74) is 0.403. The van der Waals surface area contributed by atoms with E-state index in [1.54, 1.807) is 0 Å². The van der Waals surface area contributed by atoms with Crippen LogP contribution in [0, 0.1) is 5.41 Å². The predicted molar refractivity (Wildman–Crippen MR) is 127 cm³/mol. The van der Waals surface area contributed by atoms with Crippen LogP contribution in [0.2, 0.25) is 0 Å². The van der Waals surface area contributed by atoms with Crippen LogP contribution in [0.4, 0.5) is 5.00 Å². The second kappa shape index (κ2) is 11.5. The number of ether oxygens (including phenoxy) is 1. The fraction of sp³-hybridized carbons (Fsp3) is 0.750. The van der Waals surface area contributed by atoms with Crippen molar-refractivity contribution in [1.29, 1.82) is 0 Å². The molecule has 3 rings (SSSR count). The average molecular weight is 506 g/mol. The van der Waals surface area contributed by atoms with Crippen molar-refractivity contribution in [2.24, 2.45) is 10.4 Å². The summed E-state index contributed by atoms with van der Waals surface area (Å²) in [7, 11) is 0. The molecule has 0 bridgehead atoms. The molecule has 2 heterocycles. The van der Waals surface area contributed by atoms with Gasteiger partial charge in [0.1, 0.15) is 0 Å². The first-order valence-corrected chi connectivity index (χ1v) is 11.0. The van der Waals surface area contributed by atoms with Crippen LogP contribution in [0.3, 0.4) is 0 Å². The van der Waals surface area contributed by atoms with Gasteiger partial charge in [0.25, 0.3) is 0 Å². The third kappa shape index (κ3) is 7.09. The number of halogens is 1. The van der Waals surface area contributed by atoms with Gasteiger partial charge in [-0.2, -0.15) is 0 Å². The number of piperidine rings is 1. The van der Waals surface area contributed by atoms with E-state index < -0.39 is 0 Å². The van der Waals surface area contributed by atoms with Crippen molar-refractivity contribution >= 4 is 46.3 Å². The Bertz CT molecular complexity index is 554. The maximum atomic E-state index is 5.54. The Hall–Kier alpha value is -0.540. The highest BCUT2D eigenvalue weighted by Gasteiger charge is 2.42. The number of thiophene rings is 1. The molecule has 1 aromatic rings. The molecule has 1 saturated carbocycles. The van der Waals surface area contributed by atoms with Gasteiger partial charge in [0, 0.05) is 45.4 Å². The molecular weight excluding hydrogens is 471 g/mol. The van der Waals surface area contributed by atoms with Gasteiger partial charge in [-0.05, 0) is 68.9 Å². The Balaban J connectivity index is 0.00000261. The maximum Gasteiger partial charge on any atom is 0.191 e. The molecule has 2 N–H and O–H groups in total. The third-order valence-corrected chi connectivity index (χ3v) is 6.44. The lowest BCUT2D eigenvalue weighted by Gasteiger charge is -2.33. The van der Waals surface area contributed by atoms with Crippen LogP contribution < -0.4 is 15.5 Å². The summed E-state index contributed by atoms with van der Waals surface area (Å²) in [5.74, 6) is 0.991. The fourth-order valence-corrected chi connectivity index (χ4v) is 4.34. The number of guanidine groups is 1. The summed E-state index contributed by atoms with van der Waals surface area (Å²) >= 11 is 1.84. The maximum absolute atomic E-state index is 5.54. The van der Waals surface area contributed by atoms with Crippen LogP contribution in [0.25, 0.3) is 0 Å². The van der Waals surface area contributed by atoms with E-state index in [9.17, 15) is 0 Å². The number of nitrogens with zero attached hydrogens (tertiary/aromatic N) is 2. The fourth-order valence-electron chi connectivity index (χ4n) is 3.55. The molecule has 0 unspecified atom stereocenters. The van der Waals surface area contributed by atoms with Crippen molar-refractivity contribution in [3.05, 3.63) is 17.5 Å². The van der Waals surface area contributed by atoms with Gasteiger partial charge in [0.05, 0.1) is 5.00 Å². The number of rotatable bonds is 9. The number of hydrogen-bond acceptors (Lipinski definition) is 4. The Labute approximate surface area is 185 Å². The van der Waals surface area contributed by atoms with E-state index in [2.05, 4.69) is 46.9 Å². The van der Waals surface area contributed by atoms with Gasteiger partial charge < -0.3 is 20.3 Å². The van der Waals surface area contributed by atoms with Crippen molar-refractivity contribution in [1.82, 2.24) is 10.6 Å². The molecule has 1 aliphatic heterocycles. The molecule has 1 aromatic heterocycles. The van der Waals surface area contributed by atoms with Gasteiger partial charge in [-0.25, -0.2) is 0 Å². The first kappa shape index (κ1) is 22.7. The van der Waals surface area contributed by atoms with Crippen LogP contribution in [-0.4, -0.2) is 51.4 Å². The largest absolute Gasteiger partial charge is 0.382 e. The Morgan fingerprint density at radius 2 is 2.11 bits per heavy atom. The zero-order chi connectivity index (χ0) is 18.2. The van der Waals surface area contributed by atoms with E-state index >= 15 is 0 Å². The van der Waals surface area contributed by atoms with E-state index in [-0.39, 0.29) is 24.0 Å². The number of anilines is 1. The molecule has 2 fully saturated rings. The zero-order valence-electron chi connectivity index (χ0n) is 16.7. The van der Waals surface area contributed by atoms with Crippen molar-refractivity contribution in [2.75, 3.05) is 44.3 Å². The smallest absolute Gasteiger partial charge is 0.191 e. The highest BCUT2D eigenvalue weighted by molar-refractivity contribution is 14.0. The van der Waals surface area contributed by atoms with E-state index in [4.69, 9.17) is 9.73 Å². The second-order valence-corrected chi connectivity index (χ2v) is 8.43. The van der Waals surface area contributed by atoms with Gasteiger partial charge in [0.2, 0.25) is 0 Å². The summed E-state index contributed by atoms with van der Waals surface area (Å²) in [6.45, 7) is 9.96. The van der Waals surface area contributed by atoms with E-state index in [0.29, 0.717) is 11.5 Å². The molecule has 0 spiro atoms. The number of nitrogens with one attached hydrogen (secondary N) is 2. The van der Waals surface area contributed by atoms with Crippen molar-refractivity contribution in [3.8, 4) is 0 Å². The van der Waals surface area contributed by atoms with Gasteiger partial charge in [-0.15, -0.1) is 35.3 Å². The first-order valence-electron chi connectivity index (χ1n) is 10.2. The Morgan fingerprint density at radius 1 is 1.33 bits per heavy atom. The summed E-state index contributed by atoms with van der Waals surface area (Å²) in [5, 5.41) is 10.7. The summed E-state index contributed by atoms with van der Waals surface area (Å²) in [4.78, 5) is 7.42. The molecular formula is C20H35IN4OS. The van der Waals surface area contributed by atoms with Gasteiger partial charge in [-0.3, -0.25) is 4.99 Å². The van der Waals surface area contributed by atoms with Crippen LogP contribution in [0.15, 0.2) is 22.5 Å². The number of aliphatic imine (C=N–C) groups is 1. The monoisotopic (exact) mass is 506 g/mol. The molecule has 0 amide bonds. The summed E-state index contributed by atoms with van der Waals surface area (Å²) in [6.07, 6.45) is 6.06. The highest BCUT2D eigenvalue weighted by atomic mass is 127. The highest BCUT2D eigenvalue weighted by Crippen LogP contribution is 2.49. The van der Waals surface area contributed by atoms with Gasteiger partial charge in [-0.1, -0.05) is 0 Å². The molecule has 0 aromatic carbocycles. The first-order chi connectivity index (χ1) is 12.7. The number of hydrogen-bond donors (Lipinski definition) is 2. The molecule has 2 aliphatic rings. The lowest BCUT2D eigenvalue weighted by Crippen LogP contribution is -2.48. The molecule has 5 nitrogen and oxygen atoms in total. The lowest BCUT2D eigenvalue weighted by atomic mass is 10.0. The van der Waals surface area contributed by atoms with Crippen molar-refractivity contribution in [2.45, 2.75) is 52.0 Å². The SMILES string of the molecule is CCNC(=NCC1(CCOCC)CC1)NC1CCN(c2cccs2)CC1.I. The molecule has 0 radical (unpaired) electrons.